The van der Waals surface area contributed by atoms with Crippen molar-refractivity contribution in [2.45, 2.75) is 30.7 Å². The van der Waals surface area contributed by atoms with E-state index in [1.165, 1.54) is 21.1 Å². The Balaban J connectivity index is 1.88. The molecule has 9 heteroatoms. The zero-order chi connectivity index (χ0) is 18.5. The maximum Gasteiger partial charge on any atom is 0.330 e. The molecule has 2 heterocycles. The van der Waals surface area contributed by atoms with E-state index in [4.69, 9.17) is 4.42 Å². The number of nitrogens with zero attached hydrogens (tertiary/aromatic N) is 3. The summed E-state index contributed by atoms with van der Waals surface area (Å²) in [6, 6.07) is 3.63. The second-order valence-corrected chi connectivity index (χ2v) is 8.65. The number of sulfonamides is 1. The van der Waals surface area contributed by atoms with Crippen LogP contribution in [0, 0.1) is 5.92 Å². The van der Waals surface area contributed by atoms with Crippen molar-refractivity contribution in [2.75, 3.05) is 7.05 Å². The zero-order valence-electron chi connectivity index (χ0n) is 14.6. The van der Waals surface area contributed by atoms with E-state index in [0.717, 1.165) is 31.8 Å². The van der Waals surface area contributed by atoms with E-state index >= 15 is 0 Å². The molecule has 0 unspecified atom stereocenters. The summed E-state index contributed by atoms with van der Waals surface area (Å²) >= 11 is 0. The molecule has 0 spiro atoms. The van der Waals surface area contributed by atoms with Crippen LogP contribution in [-0.2, 0) is 30.7 Å². The van der Waals surface area contributed by atoms with Gasteiger partial charge in [-0.3, -0.25) is 9.36 Å². The van der Waals surface area contributed by atoms with Crippen LogP contribution in [0.15, 0.2) is 37.2 Å². The topological polar surface area (TPSA) is 94.5 Å². The number of aromatic nitrogens is 2. The molecule has 0 radical (unpaired) electrons. The lowest BCUT2D eigenvalue weighted by molar-refractivity contribution is 0.388. The Morgan fingerprint density at radius 3 is 2.52 bits per heavy atom. The van der Waals surface area contributed by atoms with E-state index in [1.807, 2.05) is 6.07 Å². The van der Waals surface area contributed by atoms with Crippen LogP contribution in [0.1, 0.15) is 30.8 Å². The second-order valence-electron chi connectivity index (χ2n) is 6.64. The van der Waals surface area contributed by atoms with Gasteiger partial charge >= 0.3 is 5.69 Å². The summed E-state index contributed by atoms with van der Waals surface area (Å²) in [7, 11) is -0.0301. The van der Waals surface area contributed by atoms with Crippen LogP contribution in [0.3, 0.4) is 0 Å². The summed E-state index contributed by atoms with van der Waals surface area (Å²) in [5.41, 5.74) is -1.43. The largest absolute Gasteiger partial charge is 0.464 e. The molecule has 0 N–H and O–H groups in total. The van der Waals surface area contributed by atoms with Crippen LogP contribution >= 0.6 is 0 Å². The van der Waals surface area contributed by atoms with Gasteiger partial charge in [0.25, 0.3) is 5.56 Å². The summed E-state index contributed by atoms with van der Waals surface area (Å²) in [6.45, 7) is 2.15. The minimum Gasteiger partial charge on any atom is -0.464 e. The van der Waals surface area contributed by atoms with Gasteiger partial charge in [0.1, 0.15) is 11.5 Å². The first-order valence-electron chi connectivity index (χ1n) is 7.94. The summed E-state index contributed by atoms with van der Waals surface area (Å²) in [5, 5.41) is 0. The third kappa shape index (κ3) is 3.09. The van der Waals surface area contributed by atoms with Crippen molar-refractivity contribution < 1.29 is 12.8 Å². The van der Waals surface area contributed by atoms with Crippen molar-refractivity contribution >= 4 is 10.0 Å². The molecule has 25 heavy (non-hydrogen) atoms. The van der Waals surface area contributed by atoms with Crippen LogP contribution in [0.5, 0.6) is 0 Å². The van der Waals surface area contributed by atoms with Crippen LogP contribution in [0.4, 0.5) is 0 Å². The predicted octanol–water partition coefficient (Wildman–Crippen LogP) is 0.621. The lowest BCUT2D eigenvalue weighted by atomic mass is 10.3. The average Bonchev–Trinajstić information content (AvgIpc) is 3.10. The summed E-state index contributed by atoms with van der Waals surface area (Å²) < 4.78 is 34.1. The van der Waals surface area contributed by atoms with E-state index in [2.05, 4.69) is 6.92 Å². The van der Waals surface area contributed by atoms with Gasteiger partial charge in [-0.25, -0.2) is 13.2 Å². The maximum absolute atomic E-state index is 12.7. The molecular weight excluding hydrogens is 346 g/mol. The molecule has 0 saturated heterocycles. The molecule has 0 amide bonds. The Kier molecular flexibility index (Phi) is 4.24. The van der Waals surface area contributed by atoms with Crippen LogP contribution < -0.4 is 11.2 Å². The molecule has 1 aliphatic carbocycles. The van der Waals surface area contributed by atoms with Crippen molar-refractivity contribution in [3.63, 3.8) is 0 Å². The smallest absolute Gasteiger partial charge is 0.330 e. The Labute approximate surface area is 145 Å². The van der Waals surface area contributed by atoms with Gasteiger partial charge in [0, 0.05) is 33.3 Å². The van der Waals surface area contributed by atoms with Crippen molar-refractivity contribution in [1.82, 2.24) is 13.4 Å². The van der Waals surface area contributed by atoms with Gasteiger partial charge in [-0.1, -0.05) is 6.92 Å². The standard InChI is InChI=1S/C16H21N3O5S/c1-10-7-12(10)13-6-5-11(24-13)8-18(3)25(22,23)14-9-17(2)16(21)19(4)15(14)20/h5-6,9-10,12H,7-8H2,1-4H3/t10-,12+/m1/s1. The number of aryl methyl sites for hydroxylation is 1. The number of rotatable bonds is 5. The van der Waals surface area contributed by atoms with Gasteiger partial charge in [0.2, 0.25) is 10.0 Å². The molecule has 0 aromatic carbocycles. The molecule has 2 aromatic rings. The molecule has 1 aliphatic rings. The number of hydrogen-bond acceptors (Lipinski definition) is 5. The van der Waals surface area contributed by atoms with Crippen LogP contribution in [0.2, 0.25) is 0 Å². The Morgan fingerprint density at radius 1 is 1.28 bits per heavy atom. The molecule has 1 fully saturated rings. The van der Waals surface area contributed by atoms with Crippen molar-refractivity contribution in [1.29, 1.82) is 0 Å². The molecule has 2 aromatic heterocycles. The SMILES string of the molecule is C[C@@H]1C[C@@H]1c1ccc(CN(C)S(=O)(=O)c2cn(C)c(=O)n(C)c2=O)o1. The first-order valence-corrected chi connectivity index (χ1v) is 9.38. The van der Waals surface area contributed by atoms with Gasteiger partial charge in [-0.05, 0) is 24.5 Å². The highest BCUT2D eigenvalue weighted by molar-refractivity contribution is 7.89. The first-order chi connectivity index (χ1) is 11.6. The maximum atomic E-state index is 12.7. The van der Waals surface area contributed by atoms with E-state index in [-0.39, 0.29) is 6.54 Å². The van der Waals surface area contributed by atoms with Crippen molar-refractivity contribution in [3.8, 4) is 0 Å². The lowest BCUT2D eigenvalue weighted by Crippen LogP contribution is -2.41. The van der Waals surface area contributed by atoms with E-state index in [0.29, 0.717) is 17.6 Å². The molecule has 2 atom stereocenters. The minimum atomic E-state index is -4.06. The van der Waals surface area contributed by atoms with E-state index in [9.17, 15) is 18.0 Å². The summed E-state index contributed by atoms with van der Waals surface area (Å²) in [5.74, 6) is 2.38. The Bertz CT molecular complexity index is 1030. The minimum absolute atomic E-state index is 0.00935. The molecule has 8 nitrogen and oxygen atoms in total. The van der Waals surface area contributed by atoms with E-state index < -0.39 is 26.2 Å². The highest BCUT2D eigenvalue weighted by Crippen LogP contribution is 2.47. The zero-order valence-corrected chi connectivity index (χ0v) is 15.4. The van der Waals surface area contributed by atoms with Crippen molar-refractivity contribution in [3.05, 3.63) is 50.7 Å². The molecule has 0 aliphatic heterocycles. The van der Waals surface area contributed by atoms with Crippen LogP contribution in [-0.4, -0.2) is 28.9 Å². The first kappa shape index (κ1) is 17.7. The molecular formula is C16H21N3O5S. The van der Waals surface area contributed by atoms with E-state index in [1.54, 1.807) is 6.07 Å². The van der Waals surface area contributed by atoms with Crippen LogP contribution in [0.25, 0.3) is 0 Å². The number of hydrogen-bond donors (Lipinski definition) is 0. The van der Waals surface area contributed by atoms with Gasteiger partial charge in [0.15, 0.2) is 4.90 Å². The predicted molar refractivity (Wildman–Crippen MR) is 90.8 cm³/mol. The third-order valence-corrected chi connectivity index (χ3v) is 6.42. The lowest BCUT2D eigenvalue weighted by Gasteiger charge is -2.16. The highest BCUT2D eigenvalue weighted by Gasteiger charge is 2.37. The number of furan rings is 1. The normalized spacial score (nSPS) is 20.2. The monoisotopic (exact) mass is 367 g/mol. The van der Waals surface area contributed by atoms with Gasteiger partial charge in [-0.15, -0.1) is 0 Å². The summed E-state index contributed by atoms with van der Waals surface area (Å²) in [6.07, 6.45) is 2.13. The van der Waals surface area contributed by atoms with Crippen molar-refractivity contribution in [2.24, 2.45) is 20.0 Å². The van der Waals surface area contributed by atoms with Gasteiger partial charge in [0.05, 0.1) is 6.54 Å². The van der Waals surface area contributed by atoms with Gasteiger partial charge < -0.3 is 8.98 Å². The Morgan fingerprint density at radius 2 is 1.92 bits per heavy atom. The average molecular weight is 367 g/mol. The quantitative estimate of drug-likeness (QED) is 0.772. The van der Waals surface area contributed by atoms with Gasteiger partial charge in [-0.2, -0.15) is 4.31 Å². The molecule has 1 saturated carbocycles. The molecule has 0 bridgehead atoms. The highest BCUT2D eigenvalue weighted by atomic mass is 32.2. The fraction of sp³-hybridized carbons (Fsp3) is 0.500. The second kappa shape index (κ2) is 5.99. The fourth-order valence-electron chi connectivity index (χ4n) is 2.82. The fourth-order valence-corrected chi connectivity index (χ4v) is 4.10. The molecule has 3 rings (SSSR count). The Hall–Kier alpha value is -2.13. The summed E-state index contributed by atoms with van der Waals surface area (Å²) in [4.78, 5) is 23.5. The molecule has 136 valence electrons. The third-order valence-electron chi connectivity index (χ3n) is 4.64.